The summed E-state index contributed by atoms with van der Waals surface area (Å²) in [6.07, 6.45) is 0. The maximum atomic E-state index is 4.56. The molecule has 3 aromatic heterocycles. The molecule has 3 aromatic rings. The average Bonchev–Trinajstić information content (AvgIpc) is 3.20. The molecular weight excluding hydrogens is 346 g/mol. The third-order valence-corrected chi connectivity index (χ3v) is 5.43. The number of hydrogen-bond acceptors (Lipinski definition) is 7. The maximum Gasteiger partial charge on any atom is 0.176 e. The molecule has 8 heteroatoms. The lowest BCUT2D eigenvalue weighted by molar-refractivity contribution is 0.247. The number of hydrogen-bond donors (Lipinski definition) is 0. The number of aryl methyl sites for hydroxylation is 3. The van der Waals surface area contributed by atoms with E-state index in [-0.39, 0.29) is 0 Å². The van der Waals surface area contributed by atoms with E-state index in [0.717, 1.165) is 60.8 Å². The predicted octanol–water partition coefficient (Wildman–Crippen LogP) is 2.37. The molecular formula is C18H23N7S. The number of anilines is 1. The molecule has 7 nitrogen and oxygen atoms in total. The number of thiazole rings is 1. The van der Waals surface area contributed by atoms with Gasteiger partial charge in [0, 0.05) is 43.8 Å². The molecule has 26 heavy (non-hydrogen) atoms. The van der Waals surface area contributed by atoms with Crippen LogP contribution in [0.2, 0.25) is 0 Å². The van der Waals surface area contributed by atoms with Gasteiger partial charge in [0.15, 0.2) is 11.6 Å². The molecule has 4 heterocycles. The quantitative estimate of drug-likeness (QED) is 0.704. The molecule has 1 aliphatic heterocycles. The van der Waals surface area contributed by atoms with Crippen molar-refractivity contribution in [2.75, 3.05) is 31.1 Å². The van der Waals surface area contributed by atoms with E-state index in [1.807, 2.05) is 36.7 Å². The minimum Gasteiger partial charge on any atom is -0.353 e. The fourth-order valence-electron chi connectivity index (χ4n) is 3.31. The van der Waals surface area contributed by atoms with Gasteiger partial charge in [-0.1, -0.05) is 0 Å². The number of nitrogens with zero attached hydrogens (tertiary/aromatic N) is 7. The largest absolute Gasteiger partial charge is 0.353 e. The minimum atomic E-state index is 0.761. The van der Waals surface area contributed by atoms with Crippen molar-refractivity contribution in [3.05, 3.63) is 45.7 Å². The van der Waals surface area contributed by atoms with Crippen molar-refractivity contribution in [2.24, 2.45) is 0 Å². The lowest BCUT2D eigenvalue weighted by Gasteiger charge is -2.34. The molecule has 136 valence electrons. The monoisotopic (exact) mass is 369 g/mol. The number of aromatic nitrogens is 5. The van der Waals surface area contributed by atoms with Crippen LogP contribution in [0.1, 0.15) is 22.1 Å². The van der Waals surface area contributed by atoms with E-state index < -0.39 is 0 Å². The van der Waals surface area contributed by atoms with Crippen LogP contribution < -0.4 is 4.90 Å². The summed E-state index contributed by atoms with van der Waals surface area (Å²) in [7, 11) is 0. The second-order valence-electron chi connectivity index (χ2n) is 6.71. The van der Waals surface area contributed by atoms with Gasteiger partial charge in [-0.2, -0.15) is 5.10 Å². The molecule has 0 radical (unpaired) electrons. The van der Waals surface area contributed by atoms with Crippen LogP contribution in [0.4, 0.5) is 5.82 Å². The van der Waals surface area contributed by atoms with Gasteiger partial charge >= 0.3 is 0 Å². The number of rotatable bonds is 4. The Kier molecular flexibility index (Phi) is 4.69. The average molecular weight is 369 g/mol. The predicted molar refractivity (Wildman–Crippen MR) is 103 cm³/mol. The van der Waals surface area contributed by atoms with Crippen LogP contribution in [-0.4, -0.2) is 56.0 Å². The van der Waals surface area contributed by atoms with Crippen molar-refractivity contribution in [3.63, 3.8) is 0 Å². The second-order valence-corrected chi connectivity index (χ2v) is 7.77. The van der Waals surface area contributed by atoms with E-state index in [4.69, 9.17) is 0 Å². The van der Waals surface area contributed by atoms with Gasteiger partial charge in [0.25, 0.3) is 0 Å². The molecule has 1 aliphatic rings. The Bertz CT molecular complexity index is 875. The molecule has 0 aliphatic carbocycles. The molecule has 4 rings (SSSR count). The standard InChI is InChI=1S/C18H23N7S/c1-13-10-14(2)25(22-13)18-5-4-17(20-21-18)24-8-6-23(7-9-24)11-16-12-26-15(3)19-16/h4-5,10,12H,6-9,11H2,1-3H3. The first-order chi connectivity index (χ1) is 12.6. The first-order valence-corrected chi connectivity index (χ1v) is 9.72. The first-order valence-electron chi connectivity index (χ1n) is 8.84. The third-order valence-electron chi connectivity index (χ3n) is 4.61. The highest BCUT2D eigenvalue weighted by Crippen LogP contribution is 2.17. The van der Waals surface area contributed by atoms with Crippen LogP contribution in [0.5, 0.6) is 0 Å². The summed E-state index contributed by atoms with van der Waals surface area (Å²) in [4.78, 5) is 9.30. The lowest BCUT2D eigenvalue weighted by atomic mass is 10.3. The van der Waals surface area contributed by atoms with E-state index in [1.165, 1.54) is 5.69 Å². The van der Waals surface area contributed by atoms with Crippen molar-refractivity contribution in [1.29, 1.82) is 0 Å². The van der Waals surface area contributed by atoms with Gasteiger partial charge in [0.2, 0.25) is 0 Å². The van der Waals surface area contributed by atoms with Crippen LogP contribution in [0.15, 0.2) is 23.6 Å². The molecule has 0 N–H and O–H groups in total. The Morgan fingerprint density at radius 2 is 1.73 bits per heavy atom. The van der Waals surface area contributed by atoms with Crippen LogP contribution in [0, 0.1) is 20.8 Å². The van der Waals surface area contributed by atoms with Gasteiger partial charge in [-0.15, -0.1) is 21.5 Å². The Hall–Kier alpha value is -2.32. The van der Waals surface area contributed by atoms with Crippen molar-refractivity contribution < 1.29 is 0 Å². The summed E-state index contributed by atoms with van der Waals surface area (Å²) in [5.74, 6) is 1.69. The highest BCUT2D eigenvalue weighted by Gasteiger charge is 2.19. The Morgan fingerprint density at radius 1 is 1.00 bits per heavy atom. The highest BCUT2D eigenvalue weighted by molar-refractivity contribution is 7.09. The van der Waals surface area contributed by atoms with Crippen LogP contribution in [0.3, 0.4) is 0 Å². The molecule has 1 fully saturated rings. The first kappa shape index (κ1) is 17.1. The fourth-order valence-corrected chi connectivity index (χ4v) is 3.91. The van der Waals surface area contributed by atoms with E-state index in [0.29, 0.717) is 0 Å². The van der Waals surface area contributed by atoms with Crippen LogP contribution >= 0.6 is 11.3 Å². The Balaban J connectivity index is 1.38. The Morgan fingerprint density at radius 3 is 2.31 bits per heavy atom. The topological polar surface area (TPSA) is 63.0 Å². The Labute approximate surface area is 157 Å². The van der Waals surface area contributed by atoms with E-state index >= 15 is 0 Å². The minimum absolute atomic E-state index is 0.761. The number of piperazine rings is 1. The van der Waals surface area contributed by atoms with Gasteiger partial charge in [-0.05, 0) is 39.0 Å². The van der Waals surface area contributed by atoms with Crippen LogP contribution in [-0.2, 0) is 6.54 Å². The van der Waals surface area contributed by atoms with Crippen LogP contribution in [0.25, 0.3) is 5.82 Å². The summed E-state index contributed by atoms with van der Waals surface area (Å²) in [6.45, 7) is 10.9. The normalized spacial score (nSPS) is 15.6. The fraction of sp³-hybridized carbons (Fsp3) is 0.444. The lowest BCUT2D eigenvalue weighted by Crippen LogP contribution is -2.46. The third kappa shape index (κ3) is 3.61. The zero-order valence-electron chi connectivity index (χ0n) is 15.4. The van der Waals surface area contributed by atoms with Crippen molar-refractivity contribution in [2.45, 2.75) is 27.3 Å². The van der Waals surface area contributed by atoms with Crippen molar-refractivity contribution in [3.8, 4) is 5.82 Å². The van der Waals surface area contributed by atoms with Gasteiger partial charge in [0.1, 0.15) is 0 Å². The van der Waals surface area contributed by atoms with Gasteiger partial charge < -0.3 is 4.90 Å². The highest BCUT2D eigenvalue weighted by atomic mass is 32.1. The summed E-state index contributed by atoms with van der Waals surface area (Å²) in [5.41, 5.74) is 3.23. The van der Waals surface area contributed by atoms with Gasteiger partial charge in [0.05, 0.1) is 16.4 Å². The summed E-state index contributed by atoms with van der Waals surface area (Å²) in [6, 6.07) is 6.07. The van der Waals surface area contributed by atoms with Crippen molar-refractivity contribution >= 4 is 17.2 Å². The zero-order valence-corrected chi connectivity index (χ0v) is 16.2. The molecule has 1 saturated heterocycles. The SMILES string of the molecule is Cc1cc(C)n(-c2ccc(N3CCN(Cc4csc(C)n4)CC3)nn2)n1. The zero-order chi connectivity index (χ0) is 18.1. The molecule has 0 amide bonds. The second kappa shape index (κ2) is 7.13. The summed E-state index contributed by atoms with van der Waals surface area (Å²) < 4.78 is 1.83. The summed E-state index contributed by atoms with van der Waals surface area (Å²) in [5, 5.41) is 16.6. The molecule has 0 unspecified atom stereocenters. The molecule has 0 aromatic carbocycles. The van der Waals surface area contributed by atoms with E-state index in [9.17, 15) is 0 Å². The van der Waals surface area contributed by atoms with Crippen molar-refractivity contribution in [1.82, 2.24) is 29.9 Å². The van der Waals surface area contributed by atoms with Gasteiger partial charge in [-0.3, -0.25) is 4.90 Å². The van der Waals surface area contributed by atoms with E-state index in [2.05, 4.69) is 42.4 Å². The smallest absolute Gasteiger partial charge is 0.176 e. The maximum absolute atomic E-state index is 4.56. The molecule has 0 bridgehead atoms. The van der Waals surface area contributed by atoms with E-state index in [1.54, 1.807) is 11.3 Å². The summed E-state index contributed by atoms with van der Waals surface area (Å²) >= 11 is 1.72. The molecule has 0 atom stereocenters. The van der Waals surface area contributed by atoms with Gasteiger partial charge in [-0.25, -0.2) is 9.67 Å². The molecule has 0 spiro atoms. The molecule has 0 saturated carbocycles.